The Labute approximate surface area is 111 Å². The summed E-state index contributed by atoms with van der Waals surface area (Å²) in [6, 6.07) is 2.00. The lowest BCUT2D eigenvalue weighted by molar-refractivity contribution is 0.210. The number of benzene rings is 1. The molecule has 0 radical (unpaired) electrons. The van der Waals surface area contributed by atoms with Crippen LogP contribution in [0.4, 0.5) is 11.4 Å². The molecule has 17 heavy (non-hydrogen) atoms. The van der Waals surface area contributed by atoms with Crippen molar-refractivity contribution in [3.8, 4) is 5.75 Å². The van der Waals surface area contributed by atoms with E-state index in [9.17, 15) is 0 Å². The Morgan fingerprint density at radius 3 is 2.65 bits per heavy atom. The van der Waals surface area contributed by atoms with Crippen molar-refractivity contribution in [3.63, 3.8) is 0 Å². The van der Waals surface area contributed by atoms with Crippen LogP contribution in [0.5, 0.6) is 5.75 Å². The van der Waals surface area contributed by atoms with Gasteiger partial charge in [-0.15, -0.1) is 0 Å². The van der Waals surface area contributed by atoms with Crippen LogP contribution in [0.15, 0.2) is 10.5 Å². The fraction of sp³-hybridized carbons (Fsp3) is 0.500. The van der Waals surface area contributed by atoms with Gasteiger partial charge < -0.3 is 20.5 Å². The van der Waals surface area contributed by atoms with E-state index < -0.39 is 0 Å². The van der Waals surface area contributed by atoms with Crippen molar-refractivity contribution < 1.29 is 9.47 Å². The second-order valence-electron chi connectivity index (χ2n) is 3.61. The van der Waals surface area contributed by atoms with E-state index in [2.05, 4.69) is 28.2 Å². The quantitative estimate of drug-likeness (QED) is 0.626. The molecule has 0 spiro atoms. The molecule has 4 nitrogen and oxygen atoms in total. The Kier molecular flexibility index (Phi) is 5.58. The lowest BCUT2D eigenvalue weighted by atomic mass is 10.1. The third-order valence-electron chi connectivity index (χ3n) is 2.55. The SMILES string of the molecule is CCc1cc(OC)c(NCCOC)c(N)c1Br. The lowest BCUT2D eigenvalue weighted by Crippen LogP contribution is -2.11. The summed E-state index contributed by atoms with van der Waals surface area (Å²) in [4.78, 5) is 0. The minimum Gasteiger partial charge on any atom is -0.494 e. The summed E-state index contributed by atoms with van der Waals surface area (Å²) in [7, 11) is 3.31. The fourth-order valence-electron chi connectivity index (χ4n) is 1.59. The van der Waals surface area contributed by atoms with E-state index in [0.29, 0.717) is 18.8 Å². The minimum atomic E-state index is 0.621. The maximum absolute atomic E-state index is 6.09. The maximum atomic E-state index is 6.09. The van der Waals surface area contributed by atoms with Crippen molar-refractivity contribution in [1.82, 2.24) is 0 Å². The number of anilines is 2. The Bertz CT molecular complexity index is 383. The van der Waals surface area contributed by atoms with Crippen LogP contribution in [-0.4, -0.2) is 27.4 Å². The Morgan fingerprint density at radius 2 is 2.12 bits per heavy atom. The van der Waals surface area contributed by atoms with E-state index in [0.717, 1.165) is 27.9 Å². The number of nitrogens with two attached hydrogens (primary N) is 1. The van der Waals surface area contributed by atoms with Crippen molar-refractivity contribution in [1.29, 1.82) is 0 Å². The summed E-state index contributed by atoms with van der Waals surface area (Å²) in [5.74, 6) is 0.763. The summed E-state index contributed by atoms with van der Waals surface area (Å²) in [5, 5.41) is 3.22. The molecule has 0 aliphatic carbocycles. The van der Waals surface area contributed by atoms with E-state index >= 15 is 0 Å². The molecular formula is C12H19BrN2O2. The molecule has 0 saturated carbocycles. The first-order valence-electron chi connectivity index (χ1n) is 5.53. The molecule has 0 amide bonds. The molecule has 5 heteroatoms. The molecule has 0 fully saturated rings. The van der Waals surface area contributed by atoms with Crippen LogP contribution in [0.2, 0.25) is 0 Å². The van der Waals surface area contributed by atoms with Crippen LogP contribution in [0.3, 0.4) is 0 Å². The van der Waals surface area contributed by atoms with Gasteiger partial charge in [0.1, 0.15) is 11.4 Å². The second-order valence-corrected chi connectivity index (χ2v) is 4.41. The number of hydrogen-bond acceptors (Lipinski definition) is 4. The van der Waals surface area contributed by atoms with E-state index in [1.165, 1.54) is 0 Å². The summed E-state index contributed by atoms with van der Waals surface area (Å²) in [6.45, 7) is 3.39. The van der Waals surface area contributed by atoms with Gasteiger partial charge in [-0.2, -0.15) is 0 Å². The predicted molar refractivity (Wildman–Crippen MR) is 74.9 cm³/mol. The monoisotopic (exact) mass is 302 g/mol. The molecule has 96 valence electrons. The van der Waals surface area contributed by atoms with E-state index in [4.69, 9.17) is 15.2 Å². The molecule has 0 aliphatic rings. The first kappa shape index (κ1) is 14.1. The first-order chi connectivity index (χ1) is 8.15. The number of methoxy groups -OCH3 is 2. The second kappa shape index (κ2) is 6.71. The van der Waals surface area contributed by atoms with Crippen LogP contribution < -0.4 is 15.8 Å². The highest BCUT2D eigenvalue weighted by atomic mass is 79.9. The van der Waals surface area contributed by atoms with Gasteiger partial charge in [0.25, 0.3) is 0 Å². The normalized spacial score (nSPS) is 10.4. The minimum absolute atomic E-state index is 0.621. The molecule has 0 aliphatic heterocycles. The molecule has 0 bridgehead atoms. The van der Waals surface area contributed by atoms with Crippen molar-refractivity contribution >= 4 is 27.3 Å². The molecule has 0 unspecified atom stereocenters. The number of aryl methyl sites for hydroxylation is 1. The number of nitrogen functional groups attached to an aromatic ring is 1. The summed E-state index contributed by atoms with van der Waals surface area (Å²) >= 11 is 3.51. The third-order valence-corrected chi connectivity index (χ3v) is 3.48. The molecule has 1 aromatic carbocycles. The highest BCUT2D eigenvalue weighted by molar-refractivity contribution is 9.10. The number of hydrogen-bond donors (Lipinski definition) is 2. The lowest BCUT2D eigenvalue weighted by Gasteiger charge is -2.17. The van der Waals surface area contributed by atoms with Gasteiger partial charge >= 0.3 is 0 Å². The highest BCUT2D eigenvalue weighted by Gasteiger charge is 2.13. The van der Waals surface area contributed by atoms with Crippen LogP contribution in [0, 0.1) is 0 Å². The first-order valence-corrected chi connectivity index (χ1v) is 6.32. The largest absolute Gasteiger partial charge is 0.494 e. The molecule has 1 aromatic rings. The van der Waals surface area contributed by atoms with Gasteiger partial charge in [-0.25, -0.2) is 0 Å². The molecular weight excluding hydrogens is 284 g/mol. The molecule has 0 aromatic heterocycles. The van der Waals surface area contributed by atoms with Crippen LogP contribution in [0.1, 0.15) is 12.5 Å². The van der Waals surface area contributed by atoms with E-state index in [1.807, 2.05) is 6.07 Å². The van der Waals surface area contributed by atoms with Crippen molar-refractivity contribution in [2.45, 2.75) is 13.3 Å². The summed E-state index contributed by atoms with van der Waals surface area (Å²) < 4.78 is 11.3. The standard InChI is InChI=1S/C12H19BrN2O2/c1-4-8-7-9(17-3)12(11(14)10(8)13)15-5-6-16-2/h7,15H,4-6,14H2,1-3H3. The fourth-order valence-corrected chi connectivity index (χ4v) is 2.18. The Balaban J connectivity index is 3.05. The van der Waals surface area contributed by atoms with Gasteiger partial charge in [-0.3, -0.25) is 0 Å². The zero-order valence-electron chi connectivity index (χ0n) is 10.5. The van der Waals surface area contributed by atoms with Crippen molar-refractivity contribution in [2.75, 3.05) is 38.4 Å². The topological polar surface area (TPSA) is 56.5 Å². The van der Waals surface area contributed by atoms with Crippen LogP contribution in [-0.2, 0) is 11.2 Å². The molecule has 0 atom stereocenters. The summed E-state index contributed by atoms with van der Waals surface area (Å²) in [6.07, 6.45) is 0.902. The van der Waals surface area contributed by atoms with Gasteiger partial charge in [0.05, 0.1) is 19.4 Å². The number of halogens is 1. The predicted octanol–water partition coefficient (Wildman–Crippen LogP) is 2.66. The van der Waals surface area contributed by atoms with Gasteiger partial charge in [0, 0.05) is 18.1 Å². The summed E-state index contributed by atoms with van der Waals surface area (Å²) in [5.41, 5.74) is 8.71. The molecule has 3 N–H and O–H groups in total. The number of ether oxygens (including phenoxy) is 2. The zero-order chi connectivity index (χ0) is 12.8. The van der Waals surface area contributed by atoms with E-state index in [-0.39, 0.29) is 0 Å². The van der Waals surface area contributed by atoms with Gasteiger partial charge in [-0.1, -0.05) is 6.92 Å². The van der Waals surface area contributed by atoms with Gasteiger partial charge in [-0.05, 0) is 34.0 Å². The van der Waals surface area contributed by atoms with Gasteiger partial charge in [0.2, 0.25) is 0 Å². The number of nitrogens with one attached hydrogen (secondary N) is 1. The Morgan fingerprint density at radius 1 is 1.41 bits per heavy atom. The van der Waals surface area contributed by atoms with Gasteiger partial charge in [0.15, 0.2) is 0 Å². The smallest absolute Gasteiger partial charge is 0.144 e. The third kappa shape index (κ3) is 3.26. The van der Waals surface area contributed by atoms with Crippen LogP contribution in [0.25, 0.3) is 0 Å². The molecule has 0 saturated heterocycles. The molecule has 0 heterocycles. The van der Waals surface area contributed by atoms with Crippen LogP contribution >= 0.6 is 15.9 Å². The molecule has 1 rings (SSSR count). The Hall–Kier alpha value is -0.940. The zero-order valence-corrected chi connectivity index (χ0v) is 12.1. The average Bonchev–Trinajstić information content (AvgIpc) is 2.35. The average molecular weight is 303 g/mol. The number of rotatable bonds is 6. The maximum Gasteiger partial charge on any atom is 0.144 e. The van der Waals surface area contributed by atoms with E-state index in [1.54, 1.807) is 14.2 Å². The highest BCUT2D eigenvalue weighted by Crippen LogP contribution is 2.39. The van der Waals surface area contributed by atoms with Crippen molar-refractivity contribution in [2.24, 2.45) is 0 Å². The van der Waals surface area contributed by atoms with Crippen molar-refractivity contribution in [3.05, 3.63) is 16.1 Å².